The summed E-state index contributed by atoms with van der Waals surface area (Å²) in [5, 5.41) is 8.60. The van der Waals surface area contributed by atoms with E-state index in [1.165, 1.54) is 14.2 Å². The highest BCUT2D eigenvalue weighted by molar-refractivity contribution is 7.92. The second-order valence-electron chi connectivity index (χ2n) is 8.84. The summed E-state index contributed by atoms with van der Waals surface area (Å²) in [7, 11) is -1.23. The molecule has 0 unspecified atom stereocenters. The molecule has 0 spiro atoms. The second-order valence-corrected chi connectivity index (χ2v) is 10.5. The first-order valence-corrected chi connectivity index (χ1v) is 13.4. The Bertz CT molecular complexity index is 1560. The van der Waals surface area contributed by atoms with Crippen molar-refractivity contribution in [1.29, 1.82) is 0 Å². The van der Waals surface area contributed by atoms with Gasteiger partial charge in [0.1, 0.15) is 21.8 Å². The van der Waals surface area contributed by atoms with Crippen molar-refractivity contribution in [1.82, 2.24) is 19.8 Å². The van der Waals surface area contributed by atoms with E-state index in [4.69, 9.17) is 14.0 Å². The van der Waals surface area contributed by atoms with E-state index in [1.807, 2.05) is 17.2 Å². The van der Waals surface area contributed by atoms with Gasteiger partial charge in [-0.1, -0.05) is 5.16 Å². The van der Waals surface area contributed by atoms with Gasteiger partial charge < -0.3 is 23.8 Å². The van der Waals surface area contributed by atoms with Gasteiger partial charge in [0.05, 0.1) is 20.8 Å². The average molecular weight is 541 g/mol. The number of piperazine rings is 1. The molecule has 0 saturated carbocycles. The van der Waals surface area contributed by atoms with Gasteiger partial charge in [-0.3, -0.25) is 14.2 Å². The smallest absolute Gasteiger partial charge is 0.266 e. The second kappa shape index (κ2) is 10.2. The van der Waals surface area contributed by atoms with Gasteiger partial charge >= 0.3 is 0 Å². The molecular formula is C25H28N6O6S. The van der Waals surface area contributed by atoms with E-state index in [2.05, 4.69) is 15.0 Å². The number of aromatic nitrogens is 3. The molecule has 1 fully saturated rings. The summed E-state index contributed by atoms with van der Waals surface area (Å²) in [6.07, 6.45) is 3.52. The number of anilines is 2. The summed E-state index contributed by atoms with van der Waals surface area (Å²) in [5.74, 6) is 0.623. The number of nitrogens with one attached hydrogen (secondary N) is 1. The Hall–Kier alpha value is -4.26. The van der Waals surface area contributed by atoms with Gasteiger partial charge in [-0.05, 0) is 42.0 Å². The Morgan fingerprint density at radius 3 is 2.50 bits per heavy atom. The minimum absolute atomic E-state index is 0.00465. The van der Waals surface area contributed by atoms with E-state index in [0.29, 0.717) is 55.1 Å². The Balaban J connectivity index is 1.44. The van der Waals surface area contributed by atoms with E-state index in [-0.39, 0.29) is 22.4 Å². The lowest BCUT2D eigenvalue weighted by Crippen LogP contribution is -2.48. The summed E-state index contributed by atoms with van der Waals surface area (Å²) in [6.45, 7) is 4.33. The van der Waals surface area contributed by atoms with Gasteiger partial charge in [0.2, 0.25) is 5.91 Å². The summed E-state index contributed by atoms with van der Waals surface area (Å²) in [4.78, 5) is 15.4. The molecule has 0 aliphatic carbocycles. The first kappa shape index (κ1) is 25.4. The molecule has 2 aromatic heterocycles. The van der Waals surface area contributed by atoms with Crippen LogP contribution in [0.1, 0.15) is 12.5 Å². The molecule has 12 nitrogen and oxygen atoms in total. The van der Waals surface area contributed by atoms with Crippen molar-refractivity contribution in [2.75, 3.05) is 50.0 Å². The highest BCUT2D eigenvalue weighted by atomic mass is 32.2. The van der Waals surface area contributed by atoms with E-state index in [0.717, 1.165) is 5.56 Å². The highest BCUT2D eigenvalue weighted by Gasteiger charge is 2.27. The van der Waals surface area contributed by atoms with Crippen LogP contribution in [-0.4, -0.2) is 74.6 Å². The molecule has 1 amide bonds. The SMILES string of the molecule is COc1ccc(N2CCN(C(C)=O)CC2)cc1S(=O)(=O)Nc1noc2cc(Cn3cccn3)cc(OC)c12. The fourth-order valence-corrected chi connectivity index (χ4v) is 5.72. The van der Waals surface area contributed by atoms with E-state index in [1.54, 1.807) is 53.0 Å². The quantitative estimate of drug-likeness (QED) is 0.358. The molecule has 3 heterocycles. The lowest BCUT2D eigenvalue weighted by Gasteiger charge is -2.35. The van der Waals surface area contributed by atoms with Crippen molar-refractivity contribution in [3.63, 3.8) is 0 Å². The number of carbonyl (C=O) groups excluding carboxylic acids is 1. The number of ether oxygens (including phenoxy) is 2. The van der Waals surface area contributed by atoms with Crippen LogP contribution in [-0.2, 0) is 21.4 Å². The predicted molar refractivity (Wildman–Crippen MR) is 140 cm³/mol. The summed E-state index contributed by atoms with van der Waals surface area (Å²) < 4.78 is 47.9. The van der Waals surface area contributed by atoms with Gasteiger partial charge in [-0.15, -0.1) is 0 Å². The number of methoxy groups -OCH3 is 2. The van der Waals surface area contributed by atoms with Crippen LogP contribution >= 0.6 is 0 Å². The van der Waals surface area contributed by atoms with Crippen LogP contribution in [0.5, 0.6) is 11.5 Å². The maximum atomic E-state index is 13.6. The zero-order valence-electron chi connectivity index (χ0n) is 21.2. The van der Waals surface area contributed by atoms with Gasteiger partial charge in [0.15, 0.2) is 11.4 Å². The van der Waals surface area contributed by atoms with Crippen molar-refractivity contribution in [2.45, 2.75) is 18.4 Å². The Labute approximate surface area is 219 Å². The lowest BCUT2D eigenvalue weighted by molar-refractivity contribution is -0.129. The van der Waals surface area contributed by atoms with Crippen LogP contribution in [0.3, 0.4) is 0 Å². The van der Waals surface area contributed by atoms with E-state index in [9.17, 15) is 13.2 Å². The molecule has 13 heteroatoms. The molecule has 1 saturated heterocycles. The zero-order chi connectivity index (χ0) is 26.9. The number of nitrogens with zero attached hydrogens (tertiary/aromatic N) is 5. The van der Waals surface area contributed by atoms with Crippen LogP contribution in [0.2, 0.25) is 0 Å². The number of amides is 1. The molecule has 0 bridgehead atoms. The number of fused-ring (bicyclic) bond motifs is 1. The molecule has 1 N–H and O–H groups in total. The Kier molecular flexibility index (Phi) is 6.85. The van der Waals surface area contributed by atoms with Crippen LogP contribution < -0.4 is 19.1 Å². The molecule has 5 rings (SSSR count). The molecule has 38 heavy (non-hydrogen) atoms. The Morgan fingerprint density at radius 2 is 1.84 bits per heavy atom. The molecule has 2 aromatic carbocycles. The molecule has 4 aromatic rings. The Morgan fingerprint density at radius 1 is 1.08 bits per heavy atom. The van der Waals surface area contributed by atoms with Crippen molar-refractivity contribution in [2.24, 2.45) is 0 Å². The van der Waals surface area contributed by atoms with Crippen molar-refractivity contribution in [3.05, 3.63) is 54.4 Å². The van der Waals surface area contributed by atoms with Gasteiger partial charge in [0, 0.05) is 51.2 Å². The van der Waals surface area contributed by atoms with Gasteiger partial charge in [0.25, 0.3) is 10.0 Å². The number of hydrogen-bond donors (Lipinski definition) is 1. The normalized spacial score (nSPS) is 14.1. The number of hydrogen-bond acceptors (Lipinski definition) is 9. The van der Waals surface area contributed by atoms with Crippen molar-refractivity contribution in [3.8, 4) is 11.5 Å². The van der Waals surface area contributed by atoms with E-state index < -0.39 is 10.0 Å². The molecule has 200 valence electrons. The maximum absolute atomic E-state index is 13.6. The number of sulfonamides is 1. The van der Waals surface area contributed by atoms with Crippen molar-refractivity contribution >= 4 is 38.4 Å². The topological polar surface area (TPSA) is 132 Å². The van der Waals surface area contributed by atoms with Crippen LogP contribution in [0.4, 0.5) is 11.5 Å². The molecular weight excluding hydrogens is 512 g/mol. The largest absolute Gasteiger partial charge is 0.496 e. The summed E-state index contributed by atoms with van der Waals surface area (Å²) >= 11 is 0. The zero-order valence-corrected chi connectivity index (χ0v) is 22.1. The lowest BCUT2D eigenvalue weighted by atomic mass is 10.1. The molecule has 0 atom stereocenters. The van der Waals surface area contributed by atoms with Crippen LogP contribution in [0, 0.1) is 0 Å². The number of carbonyl (C=O) groups is 1. The predicted octanol–water partition coefficient (Wildman–Crippen LogP) is 2.56. The van der Waals surface area contributed by atoms with Crippen LogP contribution in [0.25, 0.3) is 11.0 Å². The third kappa shape index (κ3) is 4.96. The standard InChI is InChI=1S/C25H28N6O6S/c1-17(32)29-9-11-30(12-10-29)19-5-6-20(35-2)23(15-19)38(33,34)28-25-24-21(36-3)13-18(14-22(24)37-27-25)16-31-8-4-7-26-31/h4-8,13-15H,9-12,16H2,1-3H3,(H,27,28). The minimum Gasteiger partial charge on any atom is -0.496 e. The maximum Gasteiger partial charge on any atom is 0.266 e. The van der Waals surface area contributed by atoms with Gasteiger partial charge in [-0.2, -0.15) is 5.10 Å². The average Bonchev–Trinajstić information content (AvgIpc) is 3.57. The van der Waals surface area contributed by atoms with E-state index >= 15 is 0 Å². The fourth-order valence-electron chi connectivity index (χ4n) is 4.53. The molecule has 1 aliphatic rings. The van der Waals surface area contributed by atoms with Crippen molar-refractivity contribution < 1.29 is 27.2 Å². The molecule has 0 radical (unpaired) electrons. The summed E-state index contributed by atoms with van der Waals surface area (Å²) in [5.41, 5.74) is 1.93. The van der Waals surface area contributed by atoms with Gasteiger partial charge in [-0.25, -0.2) is 8.42 Å². The third-order valence-electron chi connectivity index (χ3n) is 6.48. The third-order valence-corrected chi connectivity index (χ3v) is 7.84. The fraction of sp³-hybridized carbons (Fsp3) is 0.320. The highest BCUT2D eigenvalue weighted by Crippen LogP contribution is 2.36. The number of benzene rings is 2. The first-order chi connectivity index (χ1) is 18.3. The molecule has 1 aliphatic heterocycles. The monoisotopic (exact) mass is 540 g/mol. The summed E-state index contributed by atoms with van der Waals surface area (Å²) in [6, 6.07) is 10.4. The van der Waals surface area contributed by atoms with Crippen LogP contribution in [0.15, 0.2) is 58.2 Å². The minimum atomic E-state index is -4.14. The first-order valence-electron chi connectivity index (χ1n) is 11.9. The number of rotatable bonds is 8.